The summed E-state index contributed by atoms with van der Waals surface area (Å²) in [5.41, 5.74) is 5.41. The smallest absolute Gasteiger partial charge is 0.283 e. The van der Waals surface area contributed by atoms with E-state index in [1.807, 2.05) is 0 Å². The fourth-order valence-electron chi connectivity index (χ4n) is 1.28. The fourth-order valence-corrected chi connectivity index (χ4v) is 1.61. The third-order valence-electron chi connectivity index (χ3n) is 2.08. The van der Waals surface area contributed by atoms with Crippen LogP contribution in [0.3, 0.4) is 0 Å². The molecule has 0 amide bonds. The van der Waals surface area contributed by atoms with Gasteiger partial charge in [0, 0.05) is 6.20 Å². The van der Waals surface area contributed by atoms with Crippen molar-refractivity contribution in [2.24, 2.45) is 0 Å². The molecule has 2 rings (SSSR count). The average Bonchev–Trinajstić information content (AvgIpc) is 2.32. The lowest BCUT2D eigenvalue weighted by Gasteiger charge is -2.07. The van der Waals surface area contributed by atoms with E-state index >= 15 is 0 Å². The summed E-state index contributed by atoms with van der Waals surface area (Å²) in [7, 11) is 0. The summed E-state index contributed by atoms with van der Waals surface area (Å²) in [4.78, 5) is 11.3. The summed E-state index contributed by atoms with van der Waals surface area (Å²) in [6.45, 7) is 0. The summed E-state index contributed by atoms with van der Waals surface area (Å²) >= 11 is 11.3. The molecular formula is C10H6Cl2F2N4. The quantitative estimate of drug-likeness (QED) is 0.921. The van der Waals surface area contributed by atoms with Crippen LogP contribution in [-0.2, 0) is 0 Å². The van der Waals surface area contributed by atoms with E-state index in [1.165, 1.54) is 6.20 Å². The van der Waals surface area contributed by atoms with E-state index in [0.29, 0.717) is 10.7 Å². The number of halogens is 4. The molecule has 0 radical (unpaired) electrons. The van der Waals surface area contributed by atoms with Crippen molar-refractivity contribution in [1.82, 2.24) is 15.0 Å². The minimum atomic E-state index is -2.83. The molecule has 0 spiro atoms. The Morgan fingerprint density at radius 3 is 2.44 bits per heavy atom. The first kappa shape index (κ1) is 12.9. The molecule has 0 fully saturated rings. The van der Waals surface area contributed by atoms with Crippen molar-refractivity contribution < 1.29 is 8.78 Å². The second-order valence-electron chi connectivity index (χ2n) is 3.30. The molecule has 0 aliphatic rings. The van der Waals surface area contributed by atoms with Crippen LogP contribution in [0.4, 0.5) is 14.6 Å². The maximum atomic E-state index is 12.5. The van der Waals surface area contributed by atoms with Crippen molar-refractivity contribution in [3.05, 3.63) is 34.2 Å². The number of pyridine rings is 1. The third-order valence-corrected chi connectivity index (χ3v) is 2.58. The molecule has 2 aromatic heterocycles. The Hall–Kier alpha value is -1.53. The molecule has 8 heteroatoms. The molecule has 0 saturated carbocycles. The highest BCUT2D eigenvalue weighted by Crippen LogP contribution is 2.29. The summed E-state index contributed by atoms with van der Waals surface area (Å²) in [6.07, 6.45) is -1.45. The lowest BCUT2D eigenvalue weighted by atomic mass is 10.2. The van der Waals surface area contributed by atoms with Crippen LogP contribution >= 0.6 is 23.2 Å². The van der Waals surface area contributed by atoms with Crippen LogP contribution in [-0.4, -0.2) is 15.0 Å². The Bertz CT molecular complexity index is 575. The molecule has 0 aromatic carbocycles. The van der Waals surface area contributed by atoms with Gasteiger partial charge in [-0.15, -0.1) is 0 Å². The number of hydrogen-bond donors (Lipinski definition) is 1. The standard InChI is InChI=1S/C10H6Cl2F2N4/c11-4-1-2-5(16-3-4)6-10(15)18-7(9(13)14)8(12)17-6/h1-3,9H,(H2,15,18). The van der Waals surface area contributed by atoms with Gasteiger partial charge in [0.1, 0.15) is 11.4 Å². The first-order valence-corrected chi connectivity index (χ1v) is 5.47. The number of hydrogen-bond acceptors (Lipinski definition) is 4. The van der Waals surface area contributed by atoms with Crippen LogP contribution in [0.1, 0.15) is 12.1 Å². The molecule has 4 nitrogen and oxygen atoms in total. The van der Waals surface area contributed by atoms with Gasteiger partial charge < -0.3 is 5.73 Å². The van der Waals surface area contributed by atoms with Crippen molar-refractivity contribution >= 4 is 29.0 Å². The minimum absolute atomic E-state index is 0.140. The van der Waals surface area contributed by atoms with Crippen molar-refractivity contribution in [3.8, 4) is 11.4 Å². The summed E-state index contributed by atoms with van der Waals surface area (Å²) in [5.74, 6) is -0.162. The largest absolute Gasteiger partial charge is 0.382 e. The summed E-state index contributed by atoms with van der Waals surface area (Å²) < 4.78 is 25.0. The third kappa shape index (κ3) is 2.49. The first-order chi connectivity index (χ1) is 8.49. The molecule has 0 aliphatic heterocycles. The second kappa shape index (κ2) is 4.99. The van der Waals surface area contributed by atoms with Gasteiger partial charge in [-0.2, -0.15) is 0 Å². The highest BCUT2D eigenvalue weighted by atomic mass is 35.5. The van der Waals surface area contributed by atoms with Crippen LogP contribution in [0.15, 0.2) is 18.3 Å². The normalized spacial score (nSPS) is 10.9. The van der Waals surface area contributed by atoms with Crippen molar-refractivity contribution in [3.63, 3.8) is 0 Å². The number of alkyl halides is 2. The average molecular weight is 291 g/mol. The molecule has 18 heavy (non-hydrogen) atoms. The van der Waals surface area contributed by atoms with Gasteiger partial charge in [-0.1, -0.05) is 23.2 Å². The van der Waals surface area contributed by atoms with Gasteiger partial charge in [-0.3, -0.25) is 4.98 Å². The Morgan fingerprint density at radius 2 is 1.89 bits per heavy atom. The molecule has 0 bridgehead atoms. The molecule has 2 N–H and O–H groups in total. The number of aromatic nitrogens is 3. The van der Waals surface area contributed by atoms with Crippen LogP contribution in [0.2, 0.25) is 10.2 Å². The van der Waals surface area contributed by atoms with E-state index in [-0.39, 0.29) is 11.5 Å². The van der Waals surface area contributed by atoms with Crippen LogP contribution in [0.25, 0.3) is 11.4 Å². The van der Waals surface area contributed by atoms with E-state index in [1.54, 1.807) is 12.1 Å². The zero-order valence-corrected chi connectivity index (χ0v) is 10.3. The monoisotopic (exact) mass is 290 g/mol. The molecule has 2 heterocycles. The van der Waals surface area contributed by atoms with Crippen LogP contribution in [0, 0.1) is 0 Å². The highest BCUT2D eigenvalue weighted by molar-refractivity contribution is 6.30. The Balaban J connectivity index is 2.52. The number of nitrogens with zero attached hydrogens (tertiary/aromatic N) is 3. The Kier molecular flexibility index (Phi) is 3.58. The highest BCUT2D eigenvalue weighted by Gasteiger charge is 2.19. The summed E-state index contributed by atoms with van der Waals surface area (Å²) in [5, 5.41) is 0.0338. The molecule has 0 aliphatic carbocycles. The predicted octanol–water partition coefficient (Wildman–Crippen LogP) is 3.37. The second-order valence-corrected chi connectivity index (χ2v) is 4.09. The van der Waals surface area contributed by atoms with E-state index in [2.05, 4.69) is 15.0 Å². The minimum Gasteiger partial charge on any atom is -0.382 e. The van der Waals surface area contributed by atoms with Crippen LogP contribution < -0.4 is 5.73 Å². The van der Waals surface area contributed by atoms with Gasteiger partial charge in [0.05, 0.1) is 10.7 Å². The van der Waals surface area contributed by atoms with Gasteiger partial charge in [0.25, 0.3) is 6.43 Å². The topological polar surface area (TPSA) is 64.7 Å². The lowest BCUT2D eigenvalue weighted by Crippen LogP contribution is -2.04. The zero-order valence-electron chi connectivity index (χ0n) is 8.74. The lowest BCUT2D eigenvalue weighted by molar-refractivity contribution is 0.146. The van der Waals surface area contributed by atoms with Gasteiger partial charge in [-0.25, -0.2) is 18.7 Å². The van der Waals surface area contributed by atoms with Crippen molar-refractivity contribution in [2.75, 3.05) is 5.73 Å². The van der Waals surface area contributed by atoms with Crippen molar-refractivity contribution in [2.45, 2.75) is 6.43 Å². The van der Waals surface area contributed by atoms with E-state index < -0.39 is 17.3 Å². The maximum Gasteiger partial charge on any atom is 0.283 e. The van der Waals surface area contributed by atoms with E-state index in [9.17, 15) is 8.78 Å². The van der Waals surface area contributed by atoms with Crippen LogP contribution in [0.5, 0.6) is 0 Å². The Morgan fingerprint density at radius 1 is 1.17 bits per heavy atom. The van der Waals surface area contributed by atoms with E-state index in [0.717, 1.165) is 0 Å². The molecule has 2 aromatic rings. The van der Waals surface area contributed by atoms with Gasteiger partial charge in [-0.05, 0) is 12.1 Å². The molecular weight excluding hydrogens is 285 g/mol. The van der Waals surface area contributed by atoms with Gasteiger partial charge >= 0.3 is 0 Å². The number of nitrogens with two attached hydrogens (primary N) is 1. The Labute approximate surface area is 111 Å². The maximum absolute atomic E-state index is 12.5. The molecule has 0 unspecified atom stereocenters. The SMILES string of the molecule is Nc1nc(C(F)F)c(Cl)nc1-c1ccc(Cl)cn1. The number of nitrogen functional groups attached to an aromatic ring is 1. The predicted molar refractivity (Wildman–Crippen MR) is 64.7 cm³/mol. The zero-order chi connectivity index (χ0) is 13.3. The number of rotatable bonds is 2. The number of anilines is 1. The van der Waals surface area contributed by atoms with Gasteiger partial charge in [0.15, 0.2) is 11.0 Å². The molecule has 0 saturated heterocycles. The molecule has 94 valence electrons. The summed E-state index contributed by atoms with van der Waals surface area (Å²) in [6, 6.07) is 3.11. The molecule has 0 atom stereocenters. The first-order valence-electron chi connectivity index (χ1n) is 4.72. The van der Waals surface area contributed by atoms with Crippen molar-refractivity contribution in [1.29, 1.82) is 0 Å². The van der Waals surface area contributed by atoms with Gasteiger partial charge in [0.2, 0.25) is 0 Å². The van der Waals surface area contributed by atoms with E-state index in [4.69, 9.17) is 28.9 Å². The fraction of sp³-hybridized carbons (Fsp3) is 0.100.